The fourth-order valence-electron chi connectivity index (χ4n) is 2.17. The molecule has 0 spiro atoms. The molecule has 1 fully saturated rings. The minimum atomic E-state index is -3.61. The number of hydrogen-bond acceptors (Lipinski definition) is 3. The number of piperazine rings is 1. The van der Waals surface area contributed by atoms with Crippen molar-refractivity contribution in [3.05, 3.63) is 29.6 Å². The van der Waals surface area contributed by atoms with E-state index in [2.05, 4.69) is 5.32 Å². The number of rotatable bonds is 2. The molecule has 2 rings (SSSR count). The molecular weight excluding hydrogens is 291 g/mol. The van der Waals surface area contributed by atoms with Crippen molar-refractivity contribution in [1.29, 1.82) is 0 Å². The van der Waals surface area contributed by atoms with E-state index in [-0.39, 0.29) is 28.9 Å². The summed E-state index contributed by atoms with van der Waals surface area (Å²) in [4.78, 5) is 0.0660. The Kier molecular flexibility index (Phi) is 5.32. The van der Waals surface area contributed by atoms with Gasteiger partial charge in [-0.3, -0.25) is 0 Å². The smallest absolute Gasteiger partial charge is 0.243 e. The Hall–Kier alpha value is -0.690. The molecule has 0 bridgehead atoms. The van der Waals surface area contributed by atoms with Gasteiger partial charge in [0, 0.05) is 31.2 Å². The average molecular weight is 309 g/mol. The Labute approximate surface area is 119 Å². The maximum absolute atomic E-state index is 13.5. The fourth-order valence-corrected chi connectivity index (χ4v) is 4.04. The summed E-state index contributed by atoms with van der Waals surface area (Å²) in [7, 11) is -3.61. The van der Waals surface area contributed by atoms with Gasteiger partial charge in [0.2, 0.25) is 10.0 Å². The molecule has 0 radical (unpaired) electrons. The molecule has 7 heteroatoms. The monoisotopic (exact) mass is 308 g/mol. The van der Waals surface area contributed by atoms with Crippen LogP contribution in [0.25, 0.3) is 0 Å². The normalized spacial score (nSPS) is 20.9. The number of nitrogens with one attached hydrogen (secondary N) is 1. The van der Waals surface area contributed by atoms with Crippen LogP contribution in [-0.4, -0.2) is 38.4 Å². The number of halogens is 2. The summed E-state index contributed by atoms with van der Waals surface area (Å²) in [5.41, 5.74) is 0.184. The Morgan fingerprint density at radius 2 is 2.11 bits per heavy atom. The Bertz CT molecular complexity index is 551. The molecule has 1 saturated heterocycles. The SMILES string of the molecule is Cc1c(F)cccc1S(=O)(=O)N1CCNC[C@H]1C.Cl. The molecule has 108 valence electrons. The first-order valence-corrected chi connectivity index (χ1v) is 7.36. The fraction of sp³-hybridized carbons (Fsp3) is 0.500. The van der Waals surface area contributed by atoms with Crippen LogP contribution in [0.15, 0.2) is 23.1 Å². The van der Waals surface area contributed by atoms with Crippen LogP contribution in [0, 0.1) is 12.7 Å². The highest BCUT2D eigenvalue weighted by molar-refractivity contribution is 7.89. The second-order valence-electron chi connectivity index (χ2n) is 4.53. The highest BCUT2D eigenvalue weighted by atomic mass is 35.5. The molecule has 0 aromatic heterocycles. The van der Waals surface area contributed by atoms with Gasteiger partial charge in [-0.2, -0.15) is 4.31 Å². The zero-order valence-corrected chi connectivity index (χ0v) is 12.5. The molecule has 1 atom stereocenters. The van der Waals surface area contributed by atoms with Gasteiger partial charge in [0.1, 0.15) is 5.82 Å². The van der Waals surface area contributed by atoms with Crippen LogP contribution < -0.4 is 5.32 Å². The lowest BCUT2D eigenvalue weighted by Gasteiger charge is -2.33. The molecule has 0 saturated carbocycles. The van der Waals surface area contributed by atoms with E-state index in [0.29, 0.717) is 19.6 Å². The third kappa shape index (κ3) is 3.08. The average Bonchev–Trinajstić information content (AvgIpc) is 2.32. The van der Waals surface area contributed by atoms with Gasteiger partial charge in [0.15, 0.2) is 0 Å². The van der Waals surface area contributed by atoms with Gasteiger partial charge in [-0.15, -0.1) is 12.4 Å². The summed E-state index contributed by atoms with van der Waals surface area (Å²) in [5, 5.41) is 3.13. The maximum Gasteiger partial charge on any atom is 0.243 e. The van der Waals surface area contributed by atoms with Gasteiger partial charge in [-0.05, 0) is 26.0 Å². The molecule has 1 heterocycles. The van der Waals surface area contributed by atoms with Crippen molar-refractivity contribution in [1.82, 2.24) is 9.62 Å². The summed E-state index contributed by atoms with van der Waals surface area (Å²) in [5.74, 6) is -0.487. The zero-order valence-electron chi connectivity index (χ0n) is 10.9. The van der Waals surface area contributed by atoms with Crippen LogP contribution in [0.5, 0.6) is 0 Å². The maximum atomic E-state index is 13.5. The van der Waals surface area contributed by atoms with Crippen LogP contribution in [-0.2, 0) is 10.0 Å². The minimum absolute atomic E-state index is 0. The lowest BCUT2D eigenvalue weighted by Crippen LogP contribution is -2.52. The van der Waals surface area contributed by atoms with E-state index >= 15 is 0 Å². The van der Waals surface area contributed by atoms with E-state index in [1.54, 1.807) is 0 Å². The second kappa shape index (κ2) is 6.17. The largest absolute Gasteiger partial charge is 0.314 e. The van der Waals surface area contributed by atoms with Gasteiger partial charge in [0.05, 0.1) is 4.90 Å². The zero-order chi connectivity index (χ0) is 13.3. The van der Waals surface area contributed by atoms with Crippen molar-refractivity contribution in [2.24, 2.45) is 0 Å². The summed E-state index contributed by atoms with van der Waals surface area (Å²) < 4.78 is 39.9. The van der Waals surface area contributed by atoms with E-state index < -0.39 is 15.8 Å². The van der Waals surface area contributed by atoms with Crippen LogP contribution in [0.1, 0.15) is 12.5 Å². The second-order valence-corrected chi connectivity index (χ2v) is 6.39. The molecule has 0 amide bonds. The summed E-state index contributed by atoms with van der Waals surface area (Å²) in [6, 6.07) is 4.05. The highest BCUT2D eigenvalue weighted by Crippen LogP contribution is 2.23. The van der Waals surface area contributed by atoms with Gasteiger partial charge >= 0.3 is 0 Å². The van der Waals surface area contributed by atoms with Crippen molar-refractivity contribution < 1.29 is 12.8 Å². The molecule has 0 aliphatic carbocycles. The third-order valence-electron chi connectivity index (χ3n) is 3.24. The molecule has 1 N–H and O–H groups in total. The molecular formula is C12H18ClFN2O2S. The van der Waals surface area contributed by atoms with Crippen molar-refractivity contribution in [2.45, 2.75) is 24.8 Å². The Morgan fingerprint density at radius 1 is 1.42 bits per heavy atom. The van der Waals surface area contributed by atoms with Gasteiger partial charge in [0.25, 0.3) is 0 Å². The van der Waals surface area contributed by atoms with Crippen LogP contribution in [0.3, 0.4) is 0 Å². The number of benzene rings is 1. The number of nitrogens with zero attached hydrogens (tertiary/aromatic N) is 1. The quantitative estimate of drug-likeness (QED) is 0.901. The molecule has 0 unspecified atom stereocenters. The third-order valence-corrected chi connectivity index (χ3v) is 5.40. The Morgan fingerprint density at radius 3 is 2.74 bits per heavy atom. The van der Waals surface area contributed by atoms with E-state index in [1.165, 1.54) is 29.4 Å². The van der Waals surface area contributed by atoms with Gasteiger partial charge in [-0.1, -0.05) is 6.07 Å². The van der Waals surface area contributed by atoms with Crippen LogP contribution in [0.2, 0.25) is 0 Å². The summed E-state index contributed by atoms with van der Waals surface area (Å²) in [6.07, 6.45) is 0. The minimum Gasteiger partial charge on any atom is -0.314 e. The van der Waals surface area contributed by atoms with Crippen LogP contribution >= 0.6 is 12.4 Å². The molecule has 4 nitrogen and oxygen atoms in total. The highest BCUT2D eigenvalue weighted by Gasteiger charge is 2.32. The lowest BCUT2D eigenvalue weighted by atomic mass is 10.2. The first-order chi connectivity index (χ1) is 8.44. The number of hydrogen-bond donors (Lipinski definition) is 1. The van der Waals surface area contributed by atoms with Crippen LogP contribution in [0.4, 0.5) is 4.39 Å². The standard InChI is InChI=1S/C12H17FN2O2S.ClH/c1-9-8-14-6-7-15(9)18(16,17)12-5-3-4-11(13)10(12)2;/h3-5,9,14H,6-8H2,1-2H3;1H/t9-;/m1./s1. The van der Waals surface area contributed by atoms with E-state index in [4.69, 9.17) is 0 Å². The molecule has 1 aromatic rings. The summed E-state index contributed by atoms with van der Waals surface area (Å²) in [6.45, 7) is 5.00. The van der Waals surface area contributed by atoms with Crippen molar-refractivity contribution in [3.8, 4) is 0 Å². The van der Waals surface area contributed by atoms with Gasteiger partial charge < -0.3 is 5.32 Å². The van der Waals surface area contributed by atoms with Crippen molar-refractivity contribution >= 4 is 22.4 Å². The predicted octanol–water partition coefficient (Wildman–Crippen LogP) is 1.54. The first kappa shape index (κ1) is 16.4. The Balaban J connectivity index is 0.00000180. The van der Waals surface area contributed by atoms with E-state index in [1.807, 2.05) is 6.92 Å². The number of sulfonamides is 1. The molecule has 1 aliphatic heterocycles. The summed E-state index contributed by atoms with van der Waals surface area (Å²) >= 11 is 0. The van der Waals surface area contributed by atoms with E-state index in [0.717, 1.165) is 0 Å². The predicted molar refractivity (Wildman–Crippen MR) is 74.6 cm³/mol. The molecule has 1 aromatic carbocycles. The topological polar surface area (TPSA) is 49.4 Å². The molecule has 19 heavy (non-hydrogen) atoms. The van der Waals surface area contributed by atoms with Crippen molar-refractivity contribution in [3.63, 3.8) is 0 Å². The lowest BCUT2D eigenvalue weighted by molar-refractivity contribution is 0.283. The molecule has 1 aliphatic rings. The van der Waals surface area contributed by atoms with Crippen molar-refractivity contribution in [2.75, 3.05) is 19.6 Å². The van der Waals surface area contributed by atoms with E-state index in [9.17, 15) is 12.8 Å². The van der Waals surface area contributed by atoms with Gasteiger partial charge in [-0.25, -0.2) is 12.8 Å². The first-order valence-electron chi connectivity index (χ1n) is 5.92.